The minimum Gasteiger partial charge on any atom is -0.494 e. The monoisotopic (exact) mass is 290 g/mol. The number of sulfonamides is 1. The zero-order chi connectivity index (χ0) is 13.2. The van der Waals surface area contributed by atoms with Crippen molar-refractivity contribution in [2.45, 2.75) is 23.1 Å². The van der Waals surface area contributed by atoms with Gasteiger partial charge in [-0.2, -0.15) is 4.31 Å². The molecule has 1 fully saturated rings. The van der Waals surface area contributed by atoms with Crippen molar-refractivity contribution in [2.75, 3.05) is 27.2 Å². The van der Waals surface area contributed by atoms with Crippen LogP contribution < -0.4 is 10.1 Å². The lowest BCUT2D eigenvalue weighted by Gasteiger charge is -2.30. The zero-order valence-corrected chi connectivity index (χ0v) is 12.2. The van der Waals surface area contributed by atoms with Gasteiger partial charge in [0.25, 0.3) is 10.0 Å². The molecule has 2 rings (SSSR count). The summed E-state index contributed by atoms with van der Waals surface area (Å²) in [6.45, 7) is 1.13. The van der Waals surface area contributed by atoms with Gasteiger partial charge in [-0.25, -0.2) is 8.42 Å². The van der Waals surface area contributed by atoms with Crippen LogP contribution in [0.2, 0.25) is 0 Å². The number of piperidine rings is 1. The van der Waals surface area contributed by atoms with E-state index >= 15 is 0 Å². The van der Waals surface area contributed by atoms with Crippen molar-refractivity contribution in [3.05, 3.63) is 11.4 Å². The molecule has 0 radical (unpaired) electrons. The van der Waals surface area contributed by atoms with Crippen LogP contribution in [0.5, 0.6) is 5.75 Å². The van der Waals surface area contributed by atoms with E-state index in [0.29, 0.717) is 29.1 Å². The summed E-state index contributed by atoms with van der Waals surface area (Å²) in [5, 5.41) is 4.93. The van der Waals surface area contributed by atoms with Gasteiger partial charge in [-0.3, -0.25) is 0 Å². The molecule has 0 amide bonds. The molecule has 1 aromatic heterocycles. The molecule has 1 saturated heterocycles. The Hall–Kier alpha value is -0.630. The van der Waals surface area contributed by atoms with Crippen molar-refractivity contribution in [1.29, 1.82) is 0 Å². The predicted octanol–water partition coefficient (Wildman–Crippen LogP) is 1.13. The quantitative estimate of drug-likeness (QED) is 0.903. The molecule has 0 aliphatic carbocycles. The summed E-state index contributed by atoms with van der Waals surface area (Å²) in [7, 11) is 0.0141. The molecule has 0 spiro atoms. The largest absolute Gasteiger partial charge is 0.494 e. The second-order valence-electron chi connectivity index (χ2n) is 4.24. The van der Waals surface area contributed by atoms with E-state index in [4.69, 9.17) is 4.74 Å². The van der Waals surface area contributed by atoms with Gasteiger partial charge >= 0.3 is 0 Å². The maximum atomic E-state index is 12.5. The Morgan fingerprint density at radius 2 is 2.11 bits per heavy atom. The van der Waals surface area contributed by atoms with Gasteiger partial charge in [-0.1, -0.05) is 0 Å². The van der Waals surface area contributed by atoms with E-state index in [1.165, 1.54) is 18.4 Å². The summed E-state index contributed by atoms with van der Waals surface area (Å²) in [5.74, 6) is 0.440. The second-order valence-corrected chi connectivity index (χ2v) is 7.29. The first-order chi connectivity index (χ1) is 8.59. The van der Waals surface area contributed by atoms with Crippen LogP contribution >= 0.6 is 11.3 Å². The number of ether oxygens (including phenoxy) is 1. The van der Waals surface area contributed by atoms with Crippen molar-refractivity contribution >= 4 is 21.4 Å². The lowest BCUT2D eigenvalue weighted by Crippen LogP contribution is -2.43. The van der Waals surface area contributed by atoms with E-state index in [-0.39, 0.29) is 0 Å². The standard InChI is InChI=1S/C11H18N2O3S2/c1-12-9-3-6-13(7-4-9)18(14,15)11-10(16-2)5-8-17-11/h5,8-9,12H,3-4,6-7H2,1-2H3. The maximum absolute atomic E-state index is 12.5. The molecule has 0 atom stereocenters. The topological polar surface area (TPSA) is 58.6 Å². The van der Waals surface area contributed by atoms with Crippen molar-refractivity contribution in [1.82, 2.24) is 9.62 Å². The predicted molar refractivity (Wildman–Crippen MR) is 71.7 cm³/mol. The Morgan fingerprint density at radius 1 is 1.44 bits per heavy atom. The van der Waals surface area contributed by atoms with Crippen LogP contribution in [0.3, 0.4) is 0 Å². The van der Waals surface area contributed by atoms with Crippen LogP contribution in [0.15, 0.2) is 15.7 Å². The highest BCUT2D eigenvalue weighted by Gasteiger charge is 2.31. The number of thiophene rings is 1. The molecule has 1 aromatic rings. The van der Waals surface area contributed by atoms with Gasteiger partial charge < -0.3 is 10.1 Å². The van der Waals surface area contributed by atoms with E-state index < -0.39 is 10.0 Å². The Bertz CT molecular complexity index is 490. The molecule has 5 nitrogen and oxygen atoms in total. The number of rotatable bonds is 4. The van der Waals surface area contributed by atoms with Gasteiger partial charge in [0.2, 0.25) is 0 Å². The fraction of sp³-hybridized carbons (Fsp3) is 0.636. The summed E-state index contributed by atoms with van der Waals surface area (Å²) < 4.78 is 31.9. The lowest BCUT2D eigenvalue weighted by atomic mass is 10.1. The minimum atomic E-state index is -3.39. The Balaban J connectivity index is 2.17. The molecule has 0 aromatic carbocycles. The Kier molecular flexibility index (Phi) is 4.26. The molecule has 7 heteroatoms. The highest BCUT2D eigenvalue weighted by Crippen LogP contribution is 2.33. The summed E-state index contributed by atoms with van der Waals surface area (Å²) in [5.41, 5.74) is 0. The second kappa shape index (κ2) is 5.56. The third-order valence-electron chi connectivity index (χ3n) is 3.25. The van der Waals surface area contributed by atoms with E-state index in [1.807, 2.05) is 7.05 Å². The van der Waals surface area contributed by atoms with Crippen LogP contribution in [0.25, 0.3) is 0 Å². The maximum Gasteiger partial charge on any atom is 0.256 e. The summed E-state index contributed by atoms with van der Waals surface area (Å²) in [6, 6.07) is 2.11. The lowest BCUT2D eigenvalue weighted by molar-refractivity contribution is 0.298. The molecule has 0 bridgehead atoms. The van der Waals surface area contributed by atoms with Crippen molar-refractivity contribution in [2.24, 2.45) is 0 Å². The molecule has 18 heavy (non-hydrogen) atoms. The van der Waals surface area contributed by atoms with Crippen LogP contribution in [0.1, 0.15) is 12.8 Å². The average Bonchev–Trinajstić information content (AvgIpc) is 2.88. The molecule has 2 heterocycles. The normalized spacial score (nSPS) is 19.0. The van der Waals surface area contributed by atoms with Gasteiger partial charge in [0.1, 0.15) is 5.75 Å². The van der Waals surface area contributed by atoms with Crippen LogP contribution in [0, 0.1) is 0 Å². The average molecular weight is 290 g/mol. The summed E-state index contributed by atoms with van der Waals surface area (Å²) >= 11 is 1.21. The van der Waals surface area contributed by atoms with E-state index in [2.05, 4.69) is 5.32 Å². The summed E-state index contributed by atoms with van der Waals surface area (Å²) in [6.07, 6.45) is 1.70. The van der Waals surface area contributed by atoms with Crippen molar-refractivity contribution in [3.63, 3.8) is 0 Å². The first-order valence-electron chi connectivity index (χ1n) is 5.88. The number of methoxy groups -OCH3 is 1. The number of hydrogen-bond donors (Lipinski definition) is 1. The highest BCUT2D eigenvalue weighted by atomic mass is 32.2. The van der Waals surface area contributed by atoms with Gasteiger partial charge in [0.15, 0.2) is 4.21 Å². The minimum absolute atomic E-state index is 0.313. The fourth-order valence-corrected chi connectivity index (χ4v) is 5.01. The number of hydrogen-bond acceptors (Lipinski definition) is 5. The third-order valence-corrected chi connectivity index (χ3v) is 6.57. The van der Waals surface area contributed by atoms with Gasteiger partial charge in [0, 0.05) is 19.1 Å². The van der Waals surface area contributed by atoms with Gasteiger partial charge in [0.05, 0.1) is 7.11 Å². The van der Waals surface area contributed by atoms with Gasteiger partial charge in [-0.05, 0) is 31.3 Å². The number of nitrogens with one attached hydrogen (secondary N) is 1. The zero-order valence-electron chi connectivity index (χ0n) is 10.5. The van der Waals surface area contributed by atoms with Crippen LogP contribution in [-0.4, -0.2) is 46.0 Å². The van der Waals surface area contributed by atoms with E-state index in [9.17, 15) is 8.42 Å². The van der Waals surface area contributed by atoms with Crippen molar-refractivity contribution < 1.29 is 13.2 Å². The summed E-state index contributed by atoms with van der Waals surface area (Å²) in [4.78, 5) is 0. The number of nitrogens with zero attached hydrogens (tertiary/aromatic N) is 1. The van der Waals surface area contributed by atoms with Gasteiger partial charge in [-0.15, -0.1) is 11.3 Å². The molecular weight excluding hydrogens is 272 g/mol. The molecule has 1 N–H and O–H groups in total. The van der Waals surface area contributed by atoms with Crippen LogP contribution in [0.4, 0.5) is 0 Å². The van der Waals surface area contributed by atoms with Crippen LogP contribution in [-0.2, 0) is 10.0 Å². The SMILES string of the molecule is CNC1CCN(S(=O)(=O)c2sccc2OC)CC1. The third kappa shape index (κ3) is 2.54. The Labute approximate surface area is 112 Å². The van der Waals surface area contributed by atoms with E-state index in [1.54, 1.807) is 15.8 Å². The first-order valence-corrected chi connectivity index (χ1v) is 8.20. The Morgan fingerprint density at radius 3 is 2.67 bits per heavy atom. The molecule has 1 aliphatic rings. The molecular formula is C11H18N2O3S2. The highest BCUT2D eigenvalue weighted by molar-refractivity contribution is 7.91. The first kappa shape index (κ1) is 13.8. The molecule has 1 aliphatic heterocycles. The molecule has 0 unspecified atom stereocenters. The molecule has 0 saturated carbocycles. The van der Waals surface area contributed by atoms with Crippen molar-refractivity contribution in [3.8, 4) is 5.75 Å². The smallest absolute Gasteiger partial charge is 0.256 e. The fourth-order valence-electron chi connectivity index (χ4n) is 2.13. The van der Waals surface area contributed by atoms with E-state index in [0.717, 1.165) is 12.8 Å². The molecule has 102 valence electrons.